The van der Waals surface area contributed by atoms with Gasteiger partial charge in [0.25, 0.3) is 5.91 Å². The number of hydrogen-bond donors (Lipinski definition) is 1. The van der Waals surface area contributed by atoms with E-state index in [4.69, 9.17) is 0 Å². The first-order chi connectivity index (χ1) is 11.3. The summed E-state index contributed by atoms with van der Waals surface area (Å²) < 4.78 is 1.92. The molecule has 0 bridgehead atoms. The first-order valence-corrected chi connectivity index (χ1v) is 7.72. The number of rotatable bonds is 5. The van der Waals surface area contributed by atoms with E-state index in [9.17, 15) is 4.79 Å². The Morgan fingerprint density at radius 2 is 1.78 bits per heavy atom. The van der Waals surface area contributed by atoms with Crippen molar-refractivity contribution in [1.82, 2.24) is 9.99 Å². The average molecular weight is 305 g/mol. The predicted molar refractivity (Wildman–Crippen MR) is 93.4 cm³/mol. The van der Waals surface area contributed by atoms with Gasteiger partial charge in [-0.2, -0.15) is 5.10 Å². The smallest absolute Gasteiger partial charge is 0.259 e. The summed E-state index contributed by atoms with van der Waals surface area (Å²) in [6.45, 7) is 2.28. The zero-order valence-corrected chi connectivity index (χ0v) is 13.1. The molecule has 23 heavy (non-hydrogen) atoms. The van der Waals surface area contributed by atoms with Crippen molar-refractivity contribution in [2.24, 2.45) is 5.10 Å². The van der Waals surface area contributed by atoms with Crippen molar-refractivity contribution in [3.8, 4) is 0 Å². The fourth-order valence-electron chi connectivity index (χ4n) is 2.58. The summed E-state index contributed by atoms with van der Waals surface area (Å²) in [5.74, 6) is -0.131. The lowest BCUT2D eigenvalue weighted by Gasteiger charge is -2.07. The van der Waals surface area contributed by atoms with Gasteiger partial charge in [0.2, 0.25) is 0 Å². The molecule has 2 aromatic carbocycles. The van der Waals surface area contributed by atoms with Gasteiger partial charge in [0.1, 0.15) is 6.54 Å². The van der Waals surface area contributed by atoms with Crippen molar-refractivity contribution in [1.29, 1.82) is 0 Å². The van der Waals surface area contributed by atoms with Crippen molar-refractivity contribution in [3.05, 3.63) is 72.4 Å². The number of hydrogen-bond acceptors (Lipinski definition) is 2. The average Bonchev–Trinajstić information content (AvgIpc) is 2.99. The quantitative estimate of drug-likeness (QED) is 0.568. The van der Waals surface area contributed by atoms with E-state index < -0.39 is 0 Å². The van der Waals surface area contributed by atoms with Gasteiger partial charge in [-0.05, 0) is 29.5 Å². The van der Waals surface area contributed by atoms with E-state index >= 15 is 0 Å². The fraction of sp³-hybridized carbons (Fsp3) is 0.158. The van der Waals surface area contributed by atoms with Crippen molar-refractivity contribution in [2.45, 2.75) is 19.9 Å². The van der Waals surface area contributed by atoms with Gasteiger partial charge >= 0.3 is 0 Å². The summed E-state index contributed by atoms with van der Waals surface area (Å²) in [4.78, 5) is 12.2. The highest BCUT2D eigenvalue weighted by atomic mass is 16.2. The molecule has 4 nitrogen and oxygen atoms in total. The van der Waals surface area contributed by atoms with Crippen LogP contribution in [0.2, 0.25) is 0 Å². The number of hydrazone groups is 1. The summed E-state index contributed by atoms with van der Waals surface area (Å²) >= 11 is 0. The number of nitrogens with one attached hydrogen (secondary N) is 1. The Kier molecular flexibility index (Phi) is 4.52. The number of nitrogens with zero attached hydrogens (tertiary/aromatic N) is 2. The Bertz CT molecular complexity index is 834. The molecule has 0 radical (unpaired) electrons. The predicted octanol–water partition coefficient (Wildman–Crippen LogP) is 3.57. The van der Waals surface area contributed by atoms with Gasteiger partial charge < -0.3 is 4.57 Å². The first-order valence-electron chi connectivity index (χ1n) is 7.72. The van der Waals surface area contributed by atoms with Crippen LogP contribution in [0, 0.1) is 0 Å². The van der Waals surface area contributed by atoms with Crippen molar-refractivity contribution in [3.63, 3.8) is 0 Å². The van der Waals surface area contributed by atoms with Gasteiger partial charge in [0.05, 0.1) is 5.71 Å². The van der Waals surface area contributed by atoms with Crippen LogP contribution in [0.15, 0.2) is 72.0 Å². The topological polar surface area (TPSA) is 46.4 Å². The van der Waals surface area contributed by atoms with E-state index in [0.29, 0.717) is 0 Å². The summed E-state index contributed by atoms with van der Waals surface area (Å²) in [6.07, 6.45) is 2.68. The molecule has 0 aliphatic carbocycles. The standard InChI is InChI=1S/C19H19N3O/c1-2-17(15-8-4-3-5-9-15)20-21-19(23)14-22-13-12-16-10-6-7-11-18(16)22/h3-13H,2,14H2,1H3,(H,21,23)/b20-17+. The van der Waals surface area contributed by atoms with Crippen LogP contribution in [0.3, 0.4) is 0 Å². The second-order valence-electron chi connectivity index (χ2n) is 5.32. The Hall–Kier alpha value is -2.88. The van der Waals surface area contributed by atoms with Crippen LogP contribution >= 0.6 is 0 Å². The third kappa shape index (κ3) is 3.48. The third-order valence-corrected chi connectivity index (χ3v) is 3.75. The lowest BCUT2D eigenvalue weighted by Crippen LogP contribution is -2.24. The maximum atomic E-state index is 12.2. The second-order valence-corrected chi connectivity index (χ2v) is 5.32. The normalized spacial score (nSPS) is 11.6. The van der Waals surface area contributed by atoms with Gasteiger partial charge in [-0.25, -0.2) is 5.43 Å². The highest BCUT2D eigenvalue weighted by molar-refractivity contribution is 6.00. The third-order valence-electron chi connectivity index (χ3n) is 3.75. The number of amides is 1. The molecule has 116 valence electrons. The minimum absolute atomic E-state index is 0.131. The molecule has 1 amide bonds. The molecule has 0 spiro atoms. The zero-order valence-electron chi connectivity index (χ0n) is 13.1. The minimum atomic E-state index is -0.131. The molecule has 0 atom stereocenters. The van der Waals surface area contributed by atoms with E-state index in [2.05, 4.69) is 10.5 Å². The van der Waals surface area contributed by atoms with E-state index in [0.717, 1.165) is 28.6 Å². The second kappa shape index (κ2) is 6.92. The highest BCUT2D eigenvalue weighted by Gasteiger charge is 2.06. The first kappa shape index (κ1) is 15.0. The van der Waals surface area contributed by atoms with Crippen LogP contribution in [0.5, 0.6) is 0 Å². The lowest BCUT2D eigenvalue weighted by atomic mass is 10.1. The van der Waals surface area contributed by atoms with Crippen LogP contribution < -0.4 is 5.43 Å². The van der Waals surface area contributed by atoms with E-state index in [1.54, 1.807) is 0 Å². The monoisotopic (exact) mass is 305 g/mol. The Balaban J connectivity index is 1.70. The van der Waals surface area contributed by atoms with Gasteiger partial charge in [0, 0.05) is 11.7 Å². The van der Waals surface area contributed by atoms with Crippen LogP contribution in [-0.2, 0) is 11.3 Å². The van der Waals surface area contributed by atoms with E-state index in [-0.39, 0.29) is 12.5 Å². The number of para-hydroxylation sites is 1. The molecule has 0 fully saturated rings. The molecule has 3 rings (SSSR count). The fourth-order valence-corrected chi connectivity index (χ4v) is 2.58. The molecule has 1 N–H and O–H groups in total. The maximum absolute atomic E-state index is 12.2. The van der Waals surface area contributed by atoms with Gasteiger partial charge in [-0.3, -0.25) is 4.79 Å². The molecule has 0 unspecified atom stereocenters. The van der Waals surface area contributed by atoms with Crippen LogP contribution in [0.1, 0.15) is 18.9 Å². The van der Waals surface area contributed by atoms with Crippen molar-refractivity contribution >= 4 is 22.5 Å². The van der Waals surface area contributed by atoms with E-state index in [1.807, 2.05) is 78.4 Å². The summed E-state index contributed by atoms with van der Waals surface area (Å²) in [6, 6.07) is 19.9. The molecule has 1 aromatic heterocycles. The van der Waals surface area contributed by atoms with Crippen molar-refractivity contribution < 1.29 is 4.79 Å². The van der Waals surface area contributed by atoms with Crippen LogP contribution in [-0.4, -0.2) is 16.2 Å². The largest absolute Gasteiger partial charge is 0.338 e. The Labute approximate surface area is 135 Å². The highest BCUT2D eigenvalue weighted by Crippen LogP contribution is 2.14. The van der Waals surface area contributed by atoms with E-state index in [1.165, 1.54) is 0 Å². The zero-order chi connectivity index (χ0) is 16.1. The molecular weight excluding hydrogens is 286 g/mol. The number of fused-ring (bicyclic) bond motifs is 1. The SMILES string of the molecule is CC/C(=N\NC(=O)Cn1ccc2ccccc21)c1ccccc1. The molecule has 0 aliphatic rings. The molecule has 0 aliphatic heterocycles. The summed E-state index contributed by atoms with van der Waals surface area (Å²) in [5.41, 5.74) is 5.61. The molecule has 1 heterocycles. The van der Waals surface area contributed by atoms with Gasteiger partial charge in [0.15, 0.2) is 0 Å². The summed E-state index contributed by atoms with van der Waals surface area (Å²) in [5, 5.41) is 5.40. The number of benzene rings is 2. The van der Waals surface area contributed by atoms with Gasteiger partial charge in [-0.1, -0.05) is 55.5 Å². The molecular formula is C19H19N3O. The maximum Gasteiger partial charge on any atom is 0.259 e. The Morgan fingerprint density at radius 3 is 2.57 bits per heavy atom. The van der Waals surface area contributed by atoms with Crippen LogP contribution in [0.4, 0.5) is 0 Å². The molecule has 0 saturated carbocycles. The van der Waals surface area contributed by atoms with Gasteiger partial charge in [-0.15, -0.1) is 0 Å². The molecule has 3 aromatic rings. The lowest BCUT2D eigenvalue weighted by molar-refractivity contribution is -0.121. The van der Waals surface area contributed by atoms with Crippen LogP contribution in [0.25, 0.3) is 10.9 Å². The minimum Gasteiger partial charge on any atom is -0.338 e. The number of carbonyl (C=O) groups excluding carboxylic acids is 1. The van der Waals surface area contributed by atoms with Crippen molar-refractivity contribution in [2.75, 3.05) is 0 Å². The summed E-state index contributed by atoms with van der Waals surface area (Å²) in [7, 11) is 0. The molecule has 4 heteroatoms. The number of aromatic nitrogens is 1. The molecule has 0 saturated heterocycles. The number of carbonyl (C=O) groups is 1. The Morgan fingerprint density at radius 1 is 1.04 bits per heavy atom.